The van der Waals surface area contributed by atoms with Crippen molar-refractivity contribution in [3.05, 3.63) is 71.8 Å². The summed E-state index contributed by atoms with van der Waals surface area (Å²) in [5, 5.41) is 10.6. The number of β-amino-alcohol motifs (C(OH)–C–C–N with tert-alkyl or cyclic N) is 1. The van der Waals surface area contributed by atoms with Gasteiger partial charge in [-0.25, -0.2) is 4.99 Å². The molecule has 1 saturated heterocycles. The number of alkyl halides is 3. The molecule has 1 heterocycles. The highest BCUT2D eigenvalue weighted by molar-refractivity contribution is 6.06. The van der Waals surface area contributed by atoms with Crippen molar-refractivity contribution in [1.29, 1.82) is 0 Å². The number of aliphatic hydroxyl groups excluding tert-OH is 1. The quantitative estimate of drug-likeness (QED) is 0.439. The Kier molecular flexibility index (Phi) is 7.52. The summed E-state index contributed by atoms with van der Waals surface area (Å²) in [7, 11) is 0. The molecule has 1 N–H and O–H groups in total. The number of nitrogens with zero attached hydrogens (tertiary/aromatic N) is 2. The van der Waals surface area contributed by atoms with Crippen molar-refractivity contribution < 1.29 is 27.8 Å². The van der Waals surface area contributed by atoms with Crippen LogP contribution < -0.4 is 4.74 Å². The van der Waals surface area contributed by atoms with Crippen molar-refractivity contribution >= 4 is 22.4 Å². The van der Waals surface area contributed by atoms with E-state index in [1.165, 1.54) is 12.1 Å². The van der Waals surface area contributed by atoms with Crippen LogP contribution in [0.1, 0.15) is 35.7 Å². The highest BCUT2D eigenvalue weighted by atomic mass is 19.4. The summed E-state index contributed by atoms with van der Waals surface area (Å²) >= 11 is 0. The minimum absolute atomic E-state index is 0.148. The third-order valence-electron chi connectivity index (χ3n) is 6.37. The van der Waals surface area contributed by atoms with E-state index < -0.39 is 11.7 Å². The van der Waals surface area contributed by atoms with Crippen molar-refractivity contribution in [1.82, 2.24) is 4.90 Å². The Morgan fingerprint density at radius 2 is 1.80 bits per heavy atom. The van der Waals surface area contributed by atoms with Gasteiger partial charge in [-0.1, -0.05) is 12.1 Å². The summed E-state index contributed by atoms with van der Waals surface area (Å²) in [5.74, 6) is 0.709. The molecule has 35 heavy (non-hydrogen) atoms. The van der Waals surface area contributed by atoms with Gasteiger partial charge in [0.1, 0.15) is 11.5 Å². The van der Waals surface area contributed by atoms with Gasteiger partial charge < -0.3 is 14.7 Å². The molecule has 0 aromatic heterocycles. The third-order valence-corrected chi connectivity index (χ3v) is 6.37. The minimum atomic E-state index is -4.40. The number of ether oxygens (including phenoxy) is 1. The van der Waals surface area contributed by atoms with Gasteiger partial charge in [0.15, 0.2) is 0 Å². The number of carbonyl (C=O) groups is 1. The lowest BCUT2D eigenvalue weighted by atomic mass is 9.92. The first-order valence-electron chi connectivity index (χ1n) is 11.6. The summed E-state index contributed by atoms with van der Waals surface area (Å²) in [4.78, 5) is 19.4. The molecule has 0 unspecified atom stereocenters. The molecule has 5 nitrogen and oxygen atoms in total. The van der Waals surface area contributed by atoms with Crippen molar-refractivity contribution in [3.63, 3.8) is 0 Å². The molecule has 0 bridgehead atoms. The molecular formula is C27H27F3N2O3. The molecule has 0 saturated carbocycles. The largest absolute Gasteiger partial charge is 0.457 e. The van der Waals surface area contributed by atoms with Crippen LogP contribution >= 0.6 is 0 Å². The van der Waals surface area contributed by atoms with E-state index in [9.17, 15) is 18.0 Å². The summed E-state index contributed by atoms with van der Waals surface area (Å²) in [6, 6.07) is 15.1. The second kappa shape index (κ2) is 10.6. The molecule has 1 amide bonds. The summed E-state index contributed by atoms with van der Waals surface area (Å²) in [6.45, 7) is 4.47. The second-order valence-electron chi connectivity index (χ2n) is 8.71. The smallest absolute Gasteiger partial charge is 0.416 e. The standard InChI is InChI=1S/C27H27F3N2O3/c1-18(19-11-13-32(14-12-19)15-16-33)31-26(34)21-5-10-24-20(17-21)3-2-4-25(24)35-23-8-6-22(7-9-23)27(28,29)30/h2-10,17,19,33H,11-16H2,1H3. The lowest BCUT2D eigenvalue weighted by Crippen LogP contribution is -2.37. The van der Waals surface area contributed by atoms with Crippen LogP contribution in [0.15, 0.2) is 65.7 Å². The predicted octanol–water partition coefficient (Wildman–Crippen LogP) is 5.96. The Hall–Kier alpha value is -3.23. The number of amides is 1. The SMILES string of the molecule is CC(=NC(=O)c1ccc2c(Oc3ccc(C(F)(F)F)cc3)cccc2c1)C1CCN(CCO)CC1. The summed E-state index contributed by atoms with van der Waals surface area (Å²) < 4.78 is 44.2. The lowest BCUT2D eigenvalue weighted by Gasteiger charge is -2.31. The fraction of sp³-hybridized carbons (Fsp3) is 0.333. The predicted molar refractivity (Wildman–Crippen MR) is 129 cm³/mol. The molecule has 1 aliphatic heterocycles. The zero-order chi connectivity index (χ0) is 25.0. The number of hydrogen-bond acceptors (Lipinski definition) is 4. The Bertz CT molecular complexity index is 1210. The average molecular weight is 485 g/mol. The van der Waals surface area contributed by atoms with E-state index in [4.69, 9.17) is 9.84 Å². The average Bonchev–Trinajstić information content (AvgIpc) is 2.84. The number of benzene rings is 3. The highest BCUT2D eigenvalue weighted by Gasteiger charge is 2.30. The number of rotatable bonds is 6. The monoisotopic (exact) mass is 484 g/mol. The number of aliphatic imine (C=N–C) groups is 1. The van der Waals surface area contributed by atoms with Gasteiger partial charge in [-0.15, -0.1) is 0 Å². The van der Waals surface area contributed by atoms with Gasteiger partial charge in [0.25, 0.3) is 5.91 Å². The Morgan fingerprint density at radius 1 is 1.09 bits per heavy atom. The molecule has 0 radical (unpaired) electrons. The van der Waals surface area contributed by atoms with Crippen molar-refractivity contribution in [2.45, 2.75) is 25.9 Å². The zero-order valence-corrected chi connectivity index (χ0v) is 19.4. The van der Waals surface area contributed by atoms with Crippen LogP contribution in [0.5, 0.6) is 11.5 Å². The van der Waals surface area contributed by atoms with Crippen LogP contribution in [0.2, 0.25) is 0 Å². The summed E-state index contributed by atoms with van der Waals surface area (Å²) in [6.07, 6.45) is -2.59. The molecule has 0 spiro atoms. The van der Waals surface area contributed by atoms with Crippen molar-refractivity contribution in [2.24, 2.45) is 10.9 Å². The molecule has 1 fully saturated rings. The number of aliphatic hydroxyl groups is 1. The van der Waals surface area contributed by atoms with Gasteiger partial charge in [0, 0.05) is 23.2 Å². The Labute approximate surface area is 201 Å². The topological polar surface area (TPSA) is 62.1 Å². The van der Waals surface area contributed by atoms with Gasteiger partial charge in [-0.2, -0.15) is 13.2 Å². The highest BCUT2D eigenvalue weighted by Crippen LogP contribution is 2.34. The van der Waals surface area contributed by atoms with Gasteiger partial charge >= 0.3 is 6.18 Å². The van der Waals surface area contributed by atoms with Crippen LogP contribution in [0.25, 0.3) is 10.8 Å². The maximum atomic E-state index is 12.8. The fourth-order valence-electron chi connectivity index (χ4n) is 4.35. The third kappa shape index (κ3) is 6.07. The van der Waals surface area contributed by atoms with Crippen LogP contribution in [-0.2, 0) is 6.18 Å². The van der Waals surface area contributed by atoms with Crippen LogP contribution in [0.3, 0.4) is 0 Å². The molecule has 1 aliphatic rings. The Balaban J connectivity index is 1.48. The maximum absolute atomic E-state index is 12.8. The molecular weight excluding hydrogens is 457 g/mol. The van der Waals surface area contributed by atoms with Crippen LogP contribution in [-0.4, -0.2) is 47.9 Å². The number of halogens is 3. The number of fused-ring (bicyclic) bond motifs is 1. The van der Waals surface area contributed by atoms with E-state index in [1.807, 2.05) is 13.0 Å². The summed E-state index contributed by atoms with van der Waals surface area (Å²) in [5.41, 5.74) is 0.539. The van der Waals surface area contributed by atoms with E-state index in [0.717, 1.165) is 54.5 Å². The van der Waals surface area contributed by atoms with Crippen molar-refractivity contribution in [3.8, 4) is 11.5 Å². The van der Waals surface area contributed by atoms with E-state index in [0.29, 0.717) is 17.9 Å². The molecule has 184 valence electrons. The van der Waals surface area contributed by atoms with Crippen LogP contribution in [0.4, 0.5) is 13.2 Å². The lowest BCUT2D eigenvalue weighted by molar-refractivity contribution is -0.137. The molecule has 8 heteroatoms. The number of hydrogen-bond donors (Lipinski definition) is 1. The Morgan fingerprint density at radius 3 is 2.46 bits per heavy atom. The van der Waals surface area contributed by atoms with Gasteiger partial charge in [0.05, 0.1) is 12.2 Å². The molecule has 3 aromatic rings. The van der Waals surface area contributed by atoms with Crippen molar-refractivity contribution in [2.75, 3.05) is 26.2 Å². The van der Waals surface area contributed by atoms with E-state index >= 15 is 0 Å². The first-order valence-corrected chi connectivity index (χ1v) is 11.6. The molecule has 0 aliphatic carbocycles. The molecule has 3 aromatic carbocycles. The molecule has 4 rings (SSSR count). The second-order valence-corrected chi connectivity index (χ2v) is 8.71. The minimum Gasteiger partial charge on any atom is -0.457 e. The number of likely N-dealkylation sites (tertiary alicyclic amines) is 1. The first kappa shape index (κ1) is 24.9. The van der Waals surface area contributed by atoms with Gasteiger partial charge in [-0.3, -0.25) is 4.79 Å². The van der Waals surface area contributed by atoms with Gasteiger partial charge in [-0.05, 0) is 92.7 Å². The maximum Gasteiger partial charge on any atom is 0.416 e. The molecule has 0 atom stereocenters. The first-order chi connectivity index (χ1) is 16.7. The number of carbonyl (C=O) groups excluding carboxylic acids is 1. The zero-order valence-electron chi connectivity index (χ0n) is 19.4. The van der Waals surface area contributed by atoms with E-state index in [-0.39, 0.29) is 24.2 Å². The van der Waals surface area contributed by atoms with E-state index in [2.05, 4.69) is 9.89 Å². The number of piperidine rings is 1. The van der Waals surface area contributed by atoms with Crippen LogP contribution in [0, 0.1) is 5.92 Å². The fourth-order valence-corrected chi connectivity index (χ4v) is 4.35. The van der Waals surface area contributed by atoms with Gasteiger partial charge in [0.2, 0.25) is 0 Å². The normalized spacial score (nSPS) is 16.0. The van der Waals surface area contributed by atoms with E-state index in [1.54, 1.807) is 30.3 Å².